The van der Waals surface area contributed by atoms with Crippen molar-refractivity contribution in [3.63, 3.8) is 0 Å². The Morgan fingerprint density at radius 3 is 2.88 bits per heavy atom. The number of rotatable bonds is 4. The van der Waals surface area contributed by atoms with Crippen molar-refractivity contribution in [3.8, 4) is 0 Å². The van der Waals surface area contributed by atoms with Gasteiger partial charge in [-0.2, -0.15) is 0 Å². The highest BCUT2D eigenvalue weighted by Gasteiger charge is 2.03. The molecule has 2 aromatic rings. The Hall–Kier alpha value is -1.17. The van der Waals surface area contributed by atoms with Crippen molar-refractivity contribution in [2.24, 2.45) is 0 Å². The molecule has 0 amide bonds. The van der Waals surface area contributed by atoms with Crippen LogP contribution in [0.3, 0.4) is 0 Å². The van der Waals surface area contributed by atoms with Gasteiger partial charge in [-0.1, -0.05) is 15.9 Å². The van der Waals surface area contributed by atoms with E-state index in [2.05, 4.69) is 26.2 Å². The SMILES string of the molecule is OCC(O)CNc1ccc2cc(Br)ccc2n1. The van der Waals surface area contributed by atoms with E-state index in [1.165, 1.54) is 0 Å². The van der Waals surface area contributed by atoms with Crippen LogP contribution in [0, 0.1) is 0 Å². The molecule has 0 saturated heterocycles. The molecule has 0 spiro atoms. The second-order valence-electron chi connectivity index (χ2n) is 3.75. The van der Waals surface area contributed by atoms with Crippen molar-refractivity contribution in [1.29, 1.82) is 0 Å². The van der Waals surface area contributed by atoms with Crippen LogP contribution in [0.1, 0.15) is 0 Å². The van der Waals surface area contributed by atoms with E-state index in [9.17, 15) is 5.11 Å². The molecule has 1 heterocycles. The highest BCUT2D eigenvalue weighted by atomic mass is 79.9. The molecule has 0 saturated carbocycles. The lowest BCUT2D eigenvalue weighted by Crippen LogP contribution is -2.23. The third kappa shape index (κ3) is 3.15. The standard InChI is InChI=1S/C12H13BrN2O2/c13-9-2-3-11-8(5-9)1-4-12(15-11)14-6-10(17)7-16/h1-5,10,16-17H,6-7H2,(H,14,15). The Labute approximate surface area is 107 Å². The number of hydrogen-bond acceptors (Lipinski definition) is 4. The van der Waals surface area contributed by atoms with E-state index in [-0.39, 0.29) is 13.2 Å². The van der Waals surface area contributed by atoms with E-state index in [4.69, 9.17) is 5.11 Å². The zero-order valence-electron chi connectivity index (χ0n) is 9.10. The van der Waals surface area contributed by atoms with E-state index in [1.807, 2.05) is 30.3 Å². The van der Waals surface area contributed by atoms with Crippen molar-refractivity contribution < 1.29 is 10.2 Å². The highest BCUT2D eigenvalue weighted by Crippen LogP contribution is 2.19. The summed E-state index contributed by atoms with van der Waals surface area (Å²) in [5.74, 6) is 0.687. The normalized spacial score (nSPS) is 12.6. The number of aromatic nitrogens is 1. The maximum atomic E-state index is 9.22. The Morgan fingerprint density at radius 1 is 1.29 bits per heavy atom. The summed E-state index contributed by atoms with van der Waals surface area (Å²) in [5, 5.41) is 21.9. The van der Waals surface area contributed by atoms with Gasteiger partial charge in [0.15, 0.2) is 0 Å². The van der Waals surface area contributed by atoms with Crippen molar-refractivity contribution in [2.75, 3.05) is 18.5 Å². The topological polar surface area (TPSA) is 65.4 Å². The van der Waals surface area contributed by atoms with E-state index in [0.29, 0.717) is 5.82 Å². The quantitative estimate of drug-likeness (QED) is 0.804. The fraction of sp³-hybridized carbons (Fsp3) is 0.250. The number of pyridine rings is 1. The second kappa shape index (κ2) is 5.44. The first kappa shape index (κ1) is 12.3. The lowest BCUT2D eigenvalue weighted by atomic mass is 10.2. The number of anilines is 1. The Bertz CT molecular complexity index is 519. The van der Waals surface area contributed by atoms with Crippen LogP contribution in [-0.2, 0) is 0 Å². The number of aliphatic hydroxyl groups excluding tert-OH is 2. The minimum Gasteiger partial charge on any atom is -0.394 e. The van der Waals surface area contributed by atoms with Crippen molar-refractivity contribution in [1.82, 2.24) is 4.98 Å². The van der Waals surface area contributed by atoms with Gasteiger partial charge in [0.05, 0.1) is 18.2 Å². The molecule has 90 valence electrons. The first-order chi connectivity index (χ1) is 8.19. The summed E-state index contributed by atoms with van der Waals surface area (Å²) in [5.41, 5.74) is 0.886. The molecule has 0 fully saturated rings. The number of fused-ring (bicyclic) bond motifs is 1. The molecule has 1 atom stereocenters. The first-order valence-corrected chi connectivity index (χ1v) is 6.07. The molecule has 0 aliphatic rings. The average molecular weight is 297 g/mol. The van der Waals surface area contributed by atoms with Crippen molar-refractivity contribution in [2.45, 2.75) is 6.10 Å². The summed E-state index contributed by atoms with van der Waals surface area (Å²) < 4.78 is 1.02. The lowest BCUT2D eigenvalue weighted by Gasteiger charge is -2.10. The van der Waals surface area contributed by atoms with E-state index in [0.717, 1.165) is 15.4 Å². The maximum absolute atomic E-state index is 9.22. The molecule has 3 N–H and O–H groups in total. The lowest BCUT2D eigenvalue weighted by molar-refractivity contribution is 0.105. The Morgan fingerprint density at radius 2 is 2.12 bits per heavy atom. The molecule has 1 aromatic heterocycles. The summed E-state index contributed by atoms with van der Waals surface area (Å²) in [6.07, 6.45) is -0.766. The van der Waals surface area contributed by atoms with Crippen LogP contribution in [0.4, 0.5) is 5.82 Å². The molecule has 0 bridgehead atoms. The third-order valence-corrected chi connectivity index (χ3v) is 2.87. The zero-order chi connectivity index (χ0) is 12.3. The van der Waals surface area contributed by atoms with Gasteiger partial charge < -0.3 is 15.5 Å². The van der Waals surface area contributed by atoms with Gasteiger partial charge in [0, 0.05) is 16.4 Å². The molecule has 17 heavy (non-hydrogen) atoms. The molecule has 1 unspecified atom stereocenters. The number of nitrogens with zero attached hydrogens (tertiary/aromatic N) is 1. The molecule has 4 nitrogen and oxygen atoms in total. The number of hydrogen-bond donors (Lipinski definition) is 3. The predicted octanol–water partition coefficient (Wildman–Crippen LogP) is 1.76. The fourth-order valence-corrected chi connectivity index (χ4v) is 1.86. The number of nitrogens with one attached hydrogen (secondary N) is 1. The monoisotopic (exact) mass is 296 g/mol. The molecular formula is C12H13BrN2O2. The summed E-state index contributed by atoms with van der Waals surface area (Å²) in [7, 11) is 0. The van der Waals surface area contributed by atoms with Gasteiger partial charge in [0.25, 0.3) is 0 Å². The second-order valence-corrected chi connectivity index (χ2v) is 4.67. The minimum absolute atomic E-state index is 0.256. The van der Waals surface area contributed by atoms with Gasteiger partial charge in [-0.3, -0.25) is 0 Å². The van der Waals surface area contributed by atoms with Crippen molar-refractivity contribution >= 4 is 32.7 Å². The third-order valence-electron chi connectivity index (χ3n) is 2.38. The van der Waals surface area contributed by atoms with Gasteiger partial charge in [0.1, 0.15) is 5.82 Å². The van der Waals surface area contributed by atoms with E-state index in [1.54, 1.807) is 0 Å². The molecule has 2 rings (SSSR count). The molecule has 0 radical (unpaired) electrons. The van der Waals surface area contributed by atoms with Gasteiger partial charge in [0.2, 0.25) is 0 Å². The highest BCUT2D eigenvalue weighted by molar-refractivity contribution is 9.10. The average Bonchev–Trinajstić information content (AvgIpc) is 2.35. The molecule has 1 aromatic carbocycles. The molecule has 0 aliphatic carbocycles. The number of halogens is 1. The van der Waals surface area contributed by atoms with Crippen LogP contribution >= 0.6 is 15.9 Å². The maximum Gasteiger partial charge on any atom is 0.126 e. The van der Waals surface area contributed by atoms with Crippen LogP contribution in [0.5, 0.6) is 0 Å². The summed E-state index contributed by atoms with van der Waals surface area (Å²) >= 11 is 3.41. The first-order valence-electron chi connectivity index (χ1n) is 5.28. The summed E-state index contributed by atoms with van der Waals surface area (Å²) in [6, 6.07) is 9.66. The largest absolute Gasteiger partial charge is 0.394 e. The van der Waals surface area contributed by atoms with Crippen LogP contribution in [0.2, 0.25) is 0 Å². The van der Waals surface area contributed by atoms with E-state index >= 15 is 0 Å². The van der Waals surface area contributed by atoms with Crippen LogP contribution in [-0.4, -0.2) is 34.5 Å². The smallest absolute Gasteiger partial charge is 0.126 e. The predicted molar refractivity (Wildman–Crippen MR) is 71.0 cm³/mol. The zero-order valence-corrected chi connectivity index (χ0v) is 10.7. The Kier molecular flexibility index (Phi) is 3.93. The van der Waals surface area contributed by atoms with Gasteiger partial charge >= 0.3 is 0 Å². The number of aliphatic hydroxyl groups is 2. The van der Waals surface area contributed by atoms with Crippen LogP contribution in [0.25, 0.3) is 10.9 Å². The van der Waals surface area contributed by atoms with Crippen molar-refractivity contribution in [3.05, 3.63) is 34.8 Å². The minimum atomic E-state index is -0.766. The fourth-order valence-electron chi connectivity index (χ4n) is 1.48. The summed E-state index contributed by atoms with van der Waals surface area (Å²) in [4.78, 5) is 4.40. The summed E-state index contributed by atoms with van der Waals surface area (Å²) in [6.45, 7) is 0.0268. The number of benzene rings is 1. The van der Waals surface area contributed by atoms with Crippen LogP contribution in [0.15, 0.2) is 34.8 Å². The van der Waals surface area contributed by atoms with E-state index < -0.39 is 6.10 Å². The molecular weight excluding hydrogens is 284 g/mol. The van der Waals surface area contributed by atoms with Gasteiger partial charge in [-0.15, -0.1) is 0 Å². The molecule has 0 aliphatic heterocycles. The molecule has 5 heteroatoms. The Balaban J connectivity index is 2.17. The van der Waals surface area contributed by atoms with Crippen LogP contribution < -0.4 is 5.32 Å². The van der Waals surface area contributed by atoms with Gasteiger partial charge in [-0.25, -0.2) is 4.98 Å². The van der Waals surface area contributed by atoms with Gasteiger partial charge in [-0.05, 0) is 30.3 Å².